The van der Waals surface area contributed by atoms with Gasteiger partial charge in [-0.25, -0.2) is 4.79 Å². The van der Waals surface area contributed by atoms with E-state index in [9.17, 15) is 4.79 Å². The number of thiophene rings is 1. The lowest BCUT2D eigenvalue weighted by Crippen LogP contribution is -2.14. The number of hydrogen-bond donors (Lipinski definition) is 2. The Hall–Kier alpha value is -1.65. The Kier molecular flexibility index (Phi) is 3.90. The highest BCUT2D eigenvalue weighted by Crippen LogP contribution is 2.10. The molecule has 0 saturated carbocycles. The van der Waals surface area contributed by atoms with Crippen LogP contribution in [-0.2, 0) is 13.1 Å². The van der Waals surface area contributed by atoms with Crippen LogP contribution in [0.5, 0.6) is 0 Å². The van der Waals surface area contributed by atoms with Gasteiger partial charge in [-0.3, -0.25) is 0 Å². The monoisotopic (exact) mass is 247 g/mol. The highest BCUT2D eigenvalue weighted by atomic mass is 32.1. The van der Waals surface area contributed by atoms with Gasteiger partial charge in [-0.2, -0.15) is 0 Å². The van der Waals surface area contributed by atoms with Crippen molar-refractivity contribution < 1.29 is 9.90 Å². The maximum absolute atomic E-state index is 11.0. The second kappa shape index (κ2) is 5.61. The second-order valence-corrected chi connectivity index (χ2v) is 4.68. The zero-order valence-electron chi connectivity index (χ0n) is 9.22. The van der Waals surface area contributed by atoms with Crippen LogP contribution in [0.3, 0.4) is 0 Å². The summed E-state index contributed by atoms with van der Waals surface area (Å²) in [5.41, 5.74) is 1.18. The molecule has 17 heavy (non-hydrogen) atoms. The van der Waals surface area contributed by atoms with E-state index in [0.717, 1.165) is 12.1 Å². The van der Waals surface area contributed by atoms with Gasteiger partial charge in [0.15, 0.2) is 0 Å². The van der Waals surface area contributed by atoms with Crippen LogP contribution in [0.2, 0.25) is 0 Å². The molecule has 0 fully saturated rings. The molecule has 0 aliphatic carbocycles. The van der Waals surface area contributed by atoms with Gasteiger partial charge < -0.3 is 10.4 Å². The van der Waals surface area contributed by atoms with Crippen LogP contribution in [0, 0.1) is 0 Å². The third-order valence-corrected chi connectivity index (χ3v) is 3.32. The van der Waals surface area contributed by atoms with Crippen LogP contribution >= 0.6 is 11.3 Å². The van der Waals surface area contributed by atoms with Crippen molar-refractivity contribution in [2.45, 2.75) is 13.1 Å². The van der Waals surface area contributed by atoms with Crippen LogP contribution in [0.1, 0.15) is 20.8 Å². The van der Waals surface area contributed by atoms with Crippen molar-refractivity contribution in [3.63, 3.8) is 0 Å². The third kappa shape index (κ3) is 3.15. The Morgan fingerprint density at radius 1 is 1.18 bits per heavy atom. The number of nitrogens with one attached hydrogen (secondary N) is 1. The zero-order chi connectivity index (χ0) is 12.1. The third-order valence-electron chi connectivity index (χ3n) is 2.44. The van der Waals surface area contributed by atoms with Crippen molar-refractivity contribution in [2.24, 2.45) is 0 Å². The molecule has 3 nitrogen and oxygen atoms in total. The van der Waals surface area contributed by atoms with Crippen LogP contribution in [0.25, 0.3) is 0 Å². The van der Waals surface area contributed by atoms with Crippen LogP contribution in [0.15, 0.2) is 41.8 Å². The van der Waals surface area contributed by atoms with Gasteiger partial charge in [-0.15, -0.1) is 11.3 Å². The van der Waals surface area contributed by atoms with Crippen molar-refractivity contribution in [3.8, 4) is 0 Å². The average molecular weight is 247 g/mol. The molecule has 0 atom stereocenters. The minimum atomic E-state index is -0.876. The molecule has 4 heteroatoms. The molecule has 1 aromatic heterocycles. The molecule has 2 rings (SSSR count). The number of aromatic carboxylic acids is 1. The number of carbonyl (C=O) groups is 1. The molecule has 0 spiro atoms. The van der Waals surface area contributed by atoms with E-state index in [4.69, 9.17) is 5.11 Å². The normalized spacial score (nSPS) is 10.4. The predicted molar refractivity (Wildman–Crippen MR) is 68.3 cm³/mol. The van der Waals surface area contributed by atoms with Gasteiger partial charge in [0.25, 0.3) is 0 Å². The lowest BCUT2D eigenvalue weighted by molar-refractivity contribution is 0.0695. The number of carboxylic acid groups (broad SMARTS) is 1. The Labute approximate surface area is 104 Å². The van der Waals surface area contributed by atoms with Gasteiger partial charge in [0.2, 0.25) is 0 Å². The van der Waals surface area contributed by atoms with Crippen LogP contribution in [-0.4, -0.2) is 11.1 Å². The van der Waals surface area contributed by atoms with Crippen molar-refractivity contribution in [1.29, 1.82) is 0 Å². The minimum Gasteiger partial charge on any atom is -0.478 e. The van der Waals surface area contributed by atoms with Gasteiger partial charge >= 0.3 is 5.97 Å². The SMILES string of the molecule is O=C(O)c1ccccc1CNCc1cccs1. The lowest BCUT2D eigenvalue weighted by Gasteiger charge is -2.06. The summed E-state index contributed by atoms with van der Waals surface area (Å²) in [6.07, 6.45) is 0. The Bertz CT molecular complexity index is 494. The first-order valence-electron chi connectivity index (χ1n) is 5.31. The summed E-state index contributed by atoms with van der Waals surface area (Å²) >= 11 is 1.69. The van der Waals surface area contributed by atoms with Gasteiger partial charge in [0.05, 0.1) is 5.56 Å². The fourth-order valence-corrected chi connectivity index (χ4v) is 2.29. The lowest BCUT2D eigenvalue weighted by atomic mass is 10.1. The van der Waals surface area contributed by atoms with E-state index in [0.29, 0.717) is 12.1 Å². The standard InChI is InChI=1S/C13H13NO2S/c15-13(16)12-6-2-1-4-10(12)8-14-9-11-5-3-7-17-11/h1-7,14H,8-9H2,(H,15,16). The van der Waals surface area contributed by atoms with Crippen LogP contribution < -0.4 is 5.32 Å². The van der Waals surface area contributed by atoms with E-state index in [-0.39, 0.29) is 0 Å². The van der Waals surface area contributed by atoms with Crippen molar-refractivity contribution in [3.05, 3.63) is 57.8 Å². The quantitative estimate of drug-likeness (QED) is 0.854. The van der Waals surface area contributed by atoms with E-state index < -0.39 is 5.97 Å². The highest BCUT2D eigenvalue weighted by molar-refractivity contribution is 7.09. The van der Waals surface area contributed by atoms with Crippen molar-refractivity contribution in [1.82, 2.24) is 5.32 Å². The summed E-state index contributed by atoms with van der Waals surface area (Å²) in [4.78, 5) is 12.2. The minimum absolute atomic E-state index is 0.367. The van der Waals surface area contributed by atoms with Crippen molar-refractivity contribution in [2.75, 3.05) is 0 Å². The molecule has 2 aromatic rings. The van der Waals surface area contributed by atoms with Crippen molar-refractivity contribution >= 4 is 17.3 Å². The summed E-state index contributed by atoms with van der Waals surface area (Å²) in [5.74, 6) is -0.876. The molecule has 2 N–H and O–H groups in total. The molecule has 0 aliphatic heterocycles. The van der Waals surface area contributed by atoms with E-state index >= 15 is 0 Å². The predicted octanol–water partition coefficient (Wildman–Crippen LogP) is 2.74. The molecule has 0 bridgehead atoms. The highest BCUT2D eigenvalue weighted by Gasteiger charge is 2.07. The Morgan fingerprint density at radius 2 is 2.00 bits per heavy atom. The fraction of sp³-hybridized carbons (Fsp3) is 0.154. The summed E-state index contributed by atoms with van der Waals surface area (Å²) in [6, 6.07) is 11.1. The topological polar surface area (TPSA) is 49.3 Å². The molecular weight excluding hydrogens is 234 g/mol. The smallest absolute Gasteiger partial charge is 0.336 e. The molecule has 88 valence electrons. The maximum atomic E-state index is 11.0. The molecular formula is C13H13NO2S. The first-order chi connectivity index (χ1) is 8.27. The summed E-state index contributed by atoms with van der Waals surface area (Å²) < 4.78 is 0. The van der Waals surface area contributed by atoms with Gasteiger partial charge in [-0.05, 0) is 23.1 Å². The molecule has 0 unspecified atom stereocenters. The van der Waals surface area contributed by atoms with E-state index in [1.54, 1.807) is 23.5 Å². The number of rotatable bonds is 5. The Balaban J connectivity index is 1.97. The molecule has 0 saturated heterocycles. The number of hydrogen-bond acceptors (Lipinski definition) is 3. The first kappa shape index (κ1) is 11.8. The van der Waals surface area contributed by atoms with E-state index in [1.165, 1.54) is 4.88 Å². The molecule has 0 aliphatic rings. The fourth-order valence-electron chi connectivity index (χ4n) is 1.62. The molecule has 0 amide bonds. The molecule has 0 radical (unpaired) electrons. The Morgan fingerprint density at radius 3 is 2.71 bits per heavy atom. The number of benzene rings is 1. The molecule has 1 heterocycles. The van der Waals surface area contributed by atoms with Gasteiger partial charge in [0.1, 0.15) is 0 Å². The summed E-state index contributed by atoms with van der Waals surface area (Å²) in [5, 5.41) is 14.3. The first-order valence-corrected chi connectivity index (χ1v) is 6.19. The summed E-state index contributed by atoms with van der Waals surface area (Å²) in [6.45, 7) is 1.34. The largest absolute Gasteiger partial charge is 0.478 e. The van der Waals surface area contributed by atoms with Crippen LogP contribution in [0.4, 0.5) is 0 Å². The van der Waals surface area contributed by atoms with E-state index in [1.807, 2.05) is 23.6 Å². The van der Waals surface area contributed by atoms with E-state index in [2.05, 4.69) is 11.4 Å². The second-order valence-electron chi connectivity index (χ2n) is 3.65. The maximum Gasteiger partial charge on any atom is 0.336 e. The average Bonchev–Trinajstić information content (AvgIpc) is 2.82. The molecule has 1 aromatic carbocycles. The zero-order valence-corrected chi connectivity index (χ0v) is 10.0. The van der Waals surface area contributed by atoms with Gasteiger partial charge in [0, 0.05) is 18.0 Å². The van der Waals surface area contributed by atoms with Gasteiger partial charge in [-0.1, -0.05) is 24.3 Å². The summed E-state index contributed by atoms with van der Waals surface area (Å²) in [7, 11) is 0. The number of carboxylic acids is 1.